The van der Waals surface area contributed by atoms with E-state index in [9.17, 15) is 5.11 Å². The van der Waals surface area contributed by atoms with E-state index in [4.69, 9.17) is 4.74 Å². The van der Waals surface area contributed by atoms with Crippen molar-refractivity contribution < 1.29 is 9.84 Å². The van der Waals surface area contributed by atoms with Gasteiger partial charge in [-0.25, -0.2) is 0 Å². The predicted molar refractivity (Wildman–Crippen MR) is 81.5 cm³/mol. The fraction of sp³-hybridized carbons (Fsp3) is 0.500. The Bertz CT molecular complexity index is 445. The number of rotatable bonds is 5. The molecule has 19 heavy (non-hydrogen) atoms. The van der Waals surface area contributed by atoms with Gasteiger partial charge in [0.25, 0.3) is 0 Å². The second-order valence-electron chi connectivity index (χ2n) is 5.51. The average Bonchev–Trinajstić information content (AvgIpc) is 2.78. The molecule has 0 spiro atoms. The zero-order valence-corrected chi connectivity index (χ0v) is 12.9. The molecule has 104 valence electrons. The number of alkyl halides is 1. The van der Waals surface area contributed by atoms with Crippen LogP contribution in [0.2, 0.25) is 0 Å². The molecule has 1 N–H and O–H groups in total. The van der Waals surface area contributed by atoms with Crippen LogP contribution in [0.25, 0.3) is 0 Å². The minimum absolute atomic E-state index is 0.276. The third-order valence-corrected chi connectivity index (χ3v) is 4.97. The van der Waals surface area contributed by atoms with Crippen LogP contribution in [0.15, 0.2) is 42.5 Å². The Balaban J connectivity index is 2.09. The van der Waals surface area contributed by atoms with Gasteiger partial charge in [0, 0.05) is 5.33 Å². The maximum Gasteiger partial charge on any atom is 0.122 e. The van der Waals surface area contributed by atoms with E-state index in [1.54, 1.807) is 0 Å². The van der Waals surface area contributed by atoms with Crippen LogP contribution in [0.1, 0.15) is 31.7 Å². The summed E-state index contributed by atoms with van der Waals surface area (Å²) in [4.78, 5) is 0. The first-order chi connectivity index (χ1) is 9.00. The molecule has 0 amide bonds. The largest absolute Gasteiger partial charge is 0.382 e. The molecule has 2 rings (SSSR count). The minimum atomic E-state index is -0.993. The molecule has 2 unspecified atom stereocenters. The van der Waals surface area contributed by atoms with Crippen LogP contribution in [-0.4, -0.2) is 22.6 Å². The van der Waals surface area contributed by atoms with E-state index in [0.29, 0.717) is 5.33 Å². The Kier molecular flexibility index (Phi) is 4.49. The molecule has 0 heterocycles. The van der Waals surface area contributed by atoms with Gasteiger partial charge in [0.05, 0.1) is 12.2 Å². The summed E-state index contributed by atoms with van der Waals surface area (Å²) in [6, 6.07) is 9.66. The van der Waals surface area contributed by atoms with E-state index in [1.807, 2.05) is 30.3 Å². The highest BCUT2D eigenvalue weighted by molar-refractivity contribution is 9.09. The van der Waals surface area contributed by atoms with Gasteiger partial charge in [-0.15, -0.1) is 0 Å². The Hall–Kier alpha value is -0.640. The van der Waals surface area contributed by atoms with Gasteiger partial charge in [0.2, 0.25) is 0 Å². The monoisotopic (exact) mass is 324 g/mol. The highest BCUT2D eigenvalue weighted by atomic mass is 79.9. The first-order valence-corrected chi connectivity index (χ1v) is 7.78. The zero-order chi connectivity index (χ0) is 13.9. The maximum atomic E-state index is 10.8. The van der Waals surface area contributed by atoms with Crippen molar-refractivity contribution in [3.8, 4) is 0 Å². The van der Waals surface area contributed by atoms with Crippen LogP contribution in [0.5, 0.6) is 0 Å². The van der Waals surface area contributed by atoms with Crippen molar-refractivity contribution in [1.82, 2.24) is 0 Å². The molecule has 1 aliphatic carbocycles. The summed E-state index contributed by atoms with van der Waals surface area (Å²) in [5, 5.41) is 11.2. The van der Waals surface area contributed by atoms with Gasteiger partial charge in [-0.2, -0.15) is 0 Å². The van der Waals surface area contributed by atoms with Gasteiger partial charge in [0.1, 0.15) is 5.60 Å². The quantitative estimate of drug-likeness (QED) is 0.659. The summed E-state index contributed by atoms with van der Waals surface area (Å²) in [7, 11) is 0. The van der Waals surface area contributed by atoms with Crippen LogP contribution in [-0.2, 0) is 10.3 Å². The molecule has 1 aromatic carbocycles. The number of halogens is 1. The summed E-state index contributed by atoms with van der Waals surface area (Å²) < 4.78 is 6.03. The van der Waals surface area contributed by atoms with E-state index < -0.39 is 5.60 Å². The van der Waals surface area contributed by atoms with E-state index in [2.05, 4.69) is 29.4 Å². The molecule has 2 nitrogen and oxygen atoms in total. The second-order valence-corrected chi connectivity index (χ2v) is 6.07. The first kappa shape index (κ1) is 14.8. The van der Waals surface area contributed by atoms with Crippen LogP contribution < -0.4 is 0 Å². The summed E-state index contributed by atoms with van der Waals surface area (Å²) in [5.41, 5.74) is 0.731. The fourth-order valence-corrected chi connectivity index (χ4v) is 2.97. The van der Waals surface area contributed by atoms with Crippen LogP contribution >= 0.6 is 15.9 Å². The van der Waals surface area contributed by atoms with Crippen LogP contribution in [0.4, 0.5) is 0 Å². The minimum Gasteiger partial charge on any atom is -0.382 e. The number of hydrogen-bond acceptors (Lipinski definition) is 2. The van der Waals surface area contributed by atoms with Gasteiger partial charge < -0.3 is 9.84 Å². The lowest BCUT2D eigenvalue weighted by atomic mass is 9.95. The highest BCUT2D eigenvalue weighted by Crippen LogP contribution is 2.38. The van der Waals surface area contributed by atoms with Crippen molar-refractivity contribution in [3.63, 3.8) is 0 Å². The molecule has 0 bridgehead atoms. The van der Waals surface area contributed by atoms with Gasteiger partial charge in [0.15, 0.2) is 0 Å². The topological polar surface area (TPSA) is 29.5 Å². The Labute approximate surface area is 123 Å². The van der Waals surface area contributed by atoms with Crippen molar-refractivity contribution in [1.29, 1.82) is 0 Å². The van der Waals surface area contributed by atoms with Gasteiger partial charge in [-0.3, -0.25) is 0 Å². The van der Waals surface area contributed by atoms with Crippen molar-refractivity contribution in [2.24, 2.45) is 0 Å². The Morgan fingerprint density at radius 1 is 1.42 bits per heavy atom. The maximum absolute atomic E-state index is 10.8. The lowest BCUT2D eigenvalue weighted by molar-refractivity contribution is -0.0887. The Morgan fingerprint density at radius 2 is 2.11 bits per heavy atom. The van der Waals surface area contributed by atoms with Gasteiger partial charge in [-0.05, 0) is 37.3 Å². The van der Waals surface area contributed by atoms with Crippen molar-refractivity contribution in [2.45, 2.75) is 37.4 Å². The number of aliphatic hydroxyl groups is 1. The number of benzene rings is 1. The third-order valence-electron chi connectivity index (χ3n) is 4.04. The molecule has 0 saturated heterocycles. The summed E-state index contributed by atoms with van der Waals surface area (Å²) >= 11 is 3.40. The van der Waals surface area contributed by atoms with E-state index >= 15 is 0 Å². The summed E-state index contributed by atoms with van der Waals surface area (Å²) in [6.07, 6.45) is 3.13. The highest BCUT2D eigenvalue weighted by Gasteiger charge is 2.37. The predicted octanol–water partition coefficient (Wildman–Crippen LogP) is 3.78. The molecule has 0 radical (unpaired) electrons. The molecule has 1 aliphatic rings. The van der Waals surface area contributed by atoms with Crippen molar-refractivity contribution in [3.05, 3.63) is 48.0 Å². The SMILES string of the molecule is C=C1CCCC1(C)OCC(O)(CBr)c1ccccc1. The van der Waals surface area contributed by atoms with Crippen molar-refractivity contribution in [2.75, 3.05) is 11.9 Å². The summed E-state index contributed by atoms with van der Waals surface area (Å²) in [6.45, 7) is 6.44. The smallest absolute Gasteiger partial charge is 0.122 e. The fourth-order valence-electron chi connectivity index (χ4n) is 2.48. The van der Waals surface area contributed by atoms with Gasteiger partial charge in [-0.1, -0.05) is 52.8 Å². The van der Waals surface area contributed by atoms with E-state index in [0.717, 1.165) is 30.4 Å². The molecular formula is C16H21BrO2. The molecule has 1 fully saturated rings. The van der Waals surface area contributed by atoms with Gasteiger partial charge >= 0.3 is 0 Å². The van der Waals surface area contributed by atoms with Crippen LogP contribution in [0.3, 0.4) is 0 Å². The lowest BCUT2D eigenvalue weighted by Gasteiger charge is -2.33. The third kappa shape index (κ3) is 3.10. The number of ether oxygens (including phenoxy) is 1. The first-order valence-electron chi connectivity index (χ1n) is 6.66. The van der Waals surface area contributed by atoms with Crippen molar-refractivity contribution >= 4 is 15.9 Å². The molecule has 0 aromatic heterocycles. The lowest BCUT2D eigenvalue weighted by Crippen LogP contribution is -2.39. The normalized spacial score (nSPS) is 26.4. The molecule has 1 aromatic rings. The van der Waals surface area contributed by atoms with Crippen LogP contribution in [0, 0.1) is 0 Å². The zero-order valence-electron chi connectivity index (χ0n) is 11.4. The number of hydrogen-bond donors (Lipinski definition) is 1. The van der Waals surface area contributed by atoms with E-state index in [1.165, 1.54) is 0 Å². The molecule has 2 atom stereocenters. The molecular weight excluding hydrogens is 304 g/mol. The summed E-state index contributed by atoms with van der Waals surface area (Å²) in [5.74, 6) is 0. The Morgan fingerprint density at radius 3 is 2.63 bits per heavy atom. The standard InChI is InChI=1S/C16H21BrO2/c1-13-7-6-10-15(13,2)19-12-16(18,11-17)14-8-4-3-5-9-14/h3-5,8-9,18H,1,6-7,10-12H2,2H3. The molecule has 3 heteroatoms. The second kappa shape index (κ2) is 5.78. The average molecular weight is 325 g/mol. The molecule has 1 saturated carbocycles. The van der Waals surface area contributed by atoms with E-state index in [-0.39, 0.29) is 12.2 Å². The molecule has 0 aliphatic heterocycles.